The average molecular weight is 223 g/mol. The molecule has 3 heteroatoms. The highest BCUT2D eigenvalue weighted by Gasteiger charge is 2.12. The molecule has 0 saturated carbocycles. The van der Waals surface area contributed by atoms with Crippen LogP contribution in [0.5, 0.6) is 0 Å². The maximum Gasteiger partial charge on any atom is 0.0781 e. The largest absolute Gasteiger partial charge is 0.389 e. The van der Waals surface area contributed by atoms with Gasteiger partial charge < -0.3 is 14.7 Å². The summed E-state index contributed by atoms with van der Waals surface area (Å²) in [7, 11) is 1.70. The maximum atomic E-state index is 9.72. The summed E-state index contributed by atoms with van der Waals surface area (Å²) in [4.78, 5) is 2.21. The normalized spacial score (nSPS) is 12.5. The first-order valence-electron chi connectivity index (χ1n) is 5.71. The molecule has 0 spiro atoms. The summed E-state index contributed by atoms with van der Waals surface area (Å²) in [6, 6.07) is 7.96. The molecule has 0 aliphatic rings. The van der Waals surface area contributed by atoms with Crippen LogP contribution >= 0.6 is 0 Å². The molecular formula is C13H21NO2. The second kappa shape index (κ2) is 6.51. The number of aliphatic hydroxyl groups is 1. The summed E-state index contributed by atoms with van der Waals surface area (Å²) in [6.45, 7) is 6.35. The van der Waals surface area contributed by atoms with Gasteiger partial charge in [0.2, 0.25) is 0 Å². The predicted octanol–water partition coefficient (Wildman–Crippen LogP) is 2.21. The molecule has 0 bridgehead atoms. The summed E-state index contributed by atoms with van der Waals surface area (Å²) in [6.07, 6.45) is -0.437. The van der Waals surface area contributed by atoms with E-state index in [0.717, 1.165) is 24.3 Å². The van der Waals surface area contributed by atoms with Gasteiger partial charge in [0.1, 0.15) is 0 Å². The number of likely N-dealkylation sites (N-methyl/N-ethyl adjacent to an activating group) is 1. The third-order valence-electron chi connectivity index (χ3n) is 2.67. The number of hydrogen-bond donors (Lipinski definition) is 1. The summed E-state index contributed by atoms with van der Waals surface area (Å²) in [5, 5.41) is 9.72. The zero-order valence-corrected chi connectivity index (χ0v) is 10.3. The van der Waals surface area contributed by atoms with Crippen LogP contribution in [0.2, 0.25) is 0 Å². The molecular weight excluding hydrogens is 202 g/mol. The molecule has 90 valence electrons. The van der Waals surface area contributed by atoms with Gasteiger partial charge in [-0.25, -0.2) is 0 Å². The Bertz CT molecular complexity index is 313. The Morgan fingerprint density at radius 2 is 2.06 bits per heavy atom. The van der Waals surface area contributed by atoms with Gasteiger partial charge in [0.25, 0.3) is 0 Å². The van der Waals surface area contributed by atoms with Crippen molar-refractivity contribution in [3.05, 3.63) is 29.8 Å². The zero-order valence-electron chi connectivity index (χ0n) is 10.3. The van der Waals surface area contributed by atoms with Crippen molar-refractivity contribution in [1.29, 1.82) is 0 Å². The Morgan fingerprint density at radius 1 is 1.38 bits per heavy atom. The van der Waals surface area contributed by atoms with Gasteiger partial charge in [-0.2, -0.15) is 0 Å². The van der Waals surface area contributed by atoms with E-state index in [1.165, 1.54) is 0 Å². The van der Waals surface area contributed by atoms with Crippen LogP contribution in [0.25, 0.3) is 0 Å². The lowest BCUT2D eigenvalue weighted by molar-refractivity contribution is 0.197. The molecule has 0 heterocycles. The second-order valence-electron chi connectivity index (χ2n) is 3.81. The highest BCUT2D eigenvalue weighted by molar-refractivity contribution is 5.54. The Kier molecular flexibility index (Phi) is 5.29. The number of hydrogen-bond acceptors (Lipinski definition) is 3. The zero-order chi connectivity index (χ0) is 12.0. The van der Waals surface area contributed by atoms with Crippen molar-refractivity contribution in [2.45, 2.75) is 20.0 Å². The minimum absolute atomic E-state index is 0.437. The first kappa shape index (κ1) is 13.0. The Balaban J connectivity index is 2.90. The van der Waals surface area contributed by atoms with Gasteiger partial charge in [-0.1, -0.05) is 18.2 Å². The lowest BCUT2D eigenvalue weighted by atomic mass is 10.1. The number of benzene rings is 1. The van der Waals surface area contributed by atoms with Gasteiger partial charge in [-0.15, -0.1) is 0 Å². The fourth-order valence-electron chi connectivity index (χ4n) is 1.78. The molecule has 0 amide bonds. The van der Waals surface area contributed by atoms with Gasteiger partial charge in [0.15, 0.2) is 0 Å². The molecule has 0 fully saturated rings. The van der Waals surface area contributed by atoms with Crippen LogP contribution in [0.4, 0.5) is 5.69 Å². The summed E-state index contributed by atoms with van der Waals surface area (Å²) < 4.78 is 5.09. The second-order valence-corrected chi connectivity index (χ2v) is 3.81. The monoisotopic (exact) mass is 223 g/mol. The molecule has 1 aromatic rings. The lowest BCUT2D eigenvalue weighted by Gasteiger charge is -2.26. The number of methoxy groups -OCH3 is 1. The molecule has 0 saturated heterocycles. The Hall–Kier alpha value is -1.06. The van der Waals surface area contributed by atoms with E-state index >= 15 is 0 Å². The molecule has 1 aromatic carbocycles. The highest BCUT2D eigenvalue weighted by atomic mass is 16.5. The van der Waals surface area contributed by atoms with E-state index in [-0.39, 0.29) is 0 Å². The fourth-order valence-corrected chi connectivity index (χ4v) is 1.78. The molecule has 0 aliphatic carbocycles. The third-order valence-corrected chi connectivity index (χ3v) is 2.67. The van der Waals surface area contributed by atoms with E-state index in [1.807, 2.05) is 24.3 Å². The SMILES string of the molecule is CCN(CCOC)c1ccccc1[C@@H](C)O. The number of nitrogens with zero attached hydrogens (tertiary/aromatic N) is 1. The van der Waals surface area contributed by atoms with Crippen molar-refractivity contribution in [1.82, 2.24) is 0 Å². The van der Waals surface area contributed by atoms with Crippen LogP contribution in [0.15, 0.2) is 24.3 Å². The third kappa shape index (κ3) is 3.22. The number of rotatable bonds is 6. The quantitative estimate of drug-likeness (QED) is 0.802. The molecule has 0 unspecified atom stereocenters. The van der Waals surface area contributed by atoms with Crippen molar-refractivity contribution in [2.24, 2.45) is 0 Å². The van der Waals surface area contributed by atoms with Crippen molar-refractivity contribution < 1.29 is 9.84 Å². The van der Waals surface area contributed by atoms with Gasteiger partial charge in [0.05, 0.1) is 12.7 Å². The van der Waals surface area contributed by atoms with E-state index in [2.05, 4.69) is 11.8 Å². The van der Waals surface area contributed by atoms with E-state index in [0.29, 0.717) is 6.61 Å². The van der Waals surface area contributed by atoms with Crippen LogP contribution in [0.1, 0.15) is 25.5 Å². The first-order chi connectivity index (χ1) is 7.70. The van der Waals surface area contributed by atoms with Gasteiger partial charge in [0, 0.05) is 31.5 Å². The van der Waals surface area contributed by atoms with Crippen molar-refractivity contribution >= 4 is 5.69 Å². The molecule has 16 heavy (non-hydrogen) atoms. The minimum Gasteiger partial charge on any atom is -0.389 e. The lowest BCUT2D eigenvalue weighted by Crippen LogP contribution is -2.28. The van der Waals surface area contributed by atoms with Crippen LogP contribution in [0, 0.1) is 0 Å². The molecule has 0 radical (unpaired) electrons. The van der Waals surface area contributed by atoms with Gasteiger partial charge in [-0.05, 0) is 19.9 Å². The van der Waals surface area contributed by atoms with E-state index < -0.39 is 6.10 Å². The number of ether oxygens (including phenoxy) is 1. The summed E-state index contributed by atoms with van der Waals surface area (Å²) >= 11 is 0. The minimum atomic E-state index is -0.437. The average Bonchev–Trinajstić information content (AvgIpc) is 2.30. The van der Waals surface area contributed by atoms with Crippen molar-refractivity contribution in [2.75, 3.05) is 31.7 Å². The molecule has 3 nitrogen and oxygen atoms in total. The smallest absolute Gasteiger partial charge is 0.0781 e. The van der Waals surface area contributed by atoms with Crippen molar-refractivity contribution in [3.8, 4) is 0 Å². The van der Waals surface area contributed by atoms with Crippen LogP contribution in [-0.4, -0.2) is 31.9 Å². The highest BCUT2D eigenvalue weighted by Crippen LogP contribution is 2.25. The van der Waals surface area contributed by atoms with E-state index in [4.69, 9.17) is 4.74 Å². The molecule has 1 N–H and O–H groups in total. The summed E-state index contributed by atoms with van der Waals surface area (Å²) in [5.41, 5.74) is 2.07. The van der Waals surface area contributed by atoms with E-state index in [1.54, 1.807) is 14.0 Å². The van der Waals surface area contributed by atoms with Crippen LogP contribution in [0.3, 0.4) is 0 Å². The Morgan fingerprint density at radius 3 is 2.62 bits per heavy atom. The van der Waals surface area contributed by atoms with E-state index in [9.17, 15) is 5.11 Å². The predicted molar refractivity (Wildman–Crippen MR) is 66.8 cm³/mol. The molecule has 1 atom stereocenters. The maximum absolute atomic E-state index is 9.72. The van der Waals surface area contributed by atoms with Gasteiger partial charge in [-0.3, -0.25) is 0 Å². The topological polar surface area (TPSA) is 32.7 Å². The van der Waals surface area contributed by atoms with Crippen molar-refractivity contribution in [3.63, 3.8) is 0 Å². The molecule has 0 aliphatic heterocycles. The Labute approximate surface area is 97.7 Å². The summed E-state index contributed by atoms with van der Waals surface area (Å²) in [5.74, 6) is 0. The van der Waals surface area contributed by atoms with Gasteiger partial charge >= 0.3 is 0 Å². The number of anilines is 1. The van der Waals surface area contributed by atoms with Crippen LogP contribution in [-0.2, 0) is 4.74 Å². The molecule has 0 aromatic heterocycles. The number of aliphatic hydroxyl groups excluding tert-OH is 1. The standard InChI is InChI=1S/C13H21NO2/c1-4-14(9-10-16-3)13-8-6-5-7-12(13)11(2)15/h5-8,11,15H,4,9-10H2,1-3H3/t11-/m1/s1. The fraction of sp³-hybridized carbons (Fsp3) is 0.538. The first-order valence-corrected chi connectivity index (χ1v) is 5.71. The number of para-hydroxylation sites is 1. The molecule has 1 rings (SSSR count). The van der Waals surface area contributed by atoms with Crippen LogP contribution < -0.4 is 4.90 Å².